The summed E-state index contributed by atoms with van der Waals surface area (Å²) in [5.41, 5.74) is 1.80. The van der Waals surface area contributed by atoms with Gasteiger partial charge in [-0.2, -0.15) is 0 Å². The molecule has 232 valence electrons. The summed E-state index contributed by atoms with van der Waals surface area (Å²) in [5.74, 6) is 0.381. The van der Waals surface area contributed by atoms with Gasteiger partial charge in [0.25, 0.3) is 10.0 Å². The van der Waals surface area contributed by atoms with E-state index in [9.17, 15) is 18.0 Å². The quantitative estimate of drug-likeness (QED) is 0.285. The lowest BCUT2D eigenvalue weighted by Gasteiger charge is -2.32. The van der Waals surface area contributed by atoms with Crippen LogP contribution in [0.25, 0.3) is 0 Å². The highest BCUT2D eigenvalue weighted by molar-refractivity contribution is 7.92. The maximum Gasteiger partial charge on any atom is 0.264 e. The van der Waals surface area contributed by atoms with Crippen LogP contribution < -0.4 is 23.8 Å². The van der Waals surface area contributed by atoms with E-state index in [-0.39, 0.29) is 29.1 Å². The molecule has 0 radical (unpaired) electrons. The molecule has 0 aliphatic rings. The molecular formula is C32H41N3O7S. The van der Waals surface area contributed by atoms with Crippen molar-refractivity contribution in [3.05, 3.63) is 77.9 Å². The van der Waals surface area contributed by atoms with Gasteiger partial charge in [-0.1, -0.05) is 36.8 Å². The number of benzene rings is 3. The van der Waals surface area contributed by atoms with Crippen molar-refractivity contribution < 1.29 is 32.2 Å². The van der Waals surface area contributed by atoms with Crippen molar-refractivity contribution in [3.8, 4) is 17.2 Å². The fourth-order valence-corrected chi connectivity index (χ4v) is 5.77. The van der Waals surface area contributed by atoms with Crippen LogP contribution in [0.5, 0.6) is 17.2 Å². The van der Waals surface area contributed by atoms with Crippen molar-refractivity contribution in [2.24, 2.45) is 0 Å². The molecule has 0 heterocycles. The van der Waals surface area contributed by atoms with Crippen molar-refractivity contribution in [3.63, 3.8) is 0 Å². The molecular weight excluding hydrogens is 570 g/mol. The third-order valence-electron chi connectivity index (χ3n) is 7.20. The summed E-state index contributed by atoms with van der Waals surface area (Å²) in [4.78, 5) is 28.8. The Morgan fingerprint density at radius 1 is 0.884 bits per heavy atom. The van der Waals surface area contributed by atoms with Gasteiger partial charge in [0.05, 0.1) is 31.9 Å². The van der Waals surface area contributed by atoms with E-state index < -0.39 is 28.5 Å². The maximum atomic E-state index is 14.1. The summed E-state index contributed by atoms with van der Waals surface area (Å²) in [6, 6.07) is 17.2. The first-order valence-electron chi connectivity index (χ1n) is 14.0. The highest BCUT2D eigenvalue weighted by atomic mass is 32.2. The second-order valence-electron chi connectivity index (χ2n) is 10.2. The number of methoxy groups -OCH3 is 3. The monoisotopic (exact) mass is 611 g/mol. The predicted octanol–water partition coefficient (Wildman–Crippen LogP) is 4.55. The number of nitrogens with zero attached hydrogens (tertiary/aromatic N) is 2. The van der Waals surface area contributed by atoms with E-state index in [0.717, 1.165) is 15.4 Å². The molecule has 11 heteroatoms. The minimum absolute atomic E-state index is 0.0163. The summed E-state index contributed by atoms with van der Waals surface area (Å²) >= 11 is 0. The molecule has 0 bridgehead atoms. The van der Waals surface area contributed by atoms with E-state index in [1.54, 1.807) is 56.5 Å². The fraction of sp³-hybridized carbons (Fsp3) is 0.375. The lowest BCUT2D eigenvalue weighted by atomic mass is 10.1. The highest BCUT2D eigenvalue weighted by Gasteiger charge is 2.33. The zero-order valence-corrected chi connectivity index (χ0v) is 26.6. The van der Waals surface area contributed by atoms with E-state index in [0.29, 0.717) is 23.7 Å². The number of ether oxygens (including phenoxy) is 3. The smallest absolute Gasteiger partial charge is 0.264 e. The van der Waals surface area contributed by atoms with E-state index in [1.807, 2.05) is 26.8 Å². The number of hydrogen-bond acceptors (Lipinski definition) is 7. The van der Waals surface area contributed by atoms with Crippen molar-refractivity contribution in [2.75, 3.05) is 32.2 Å². The number of rotatable bonds is 14. The van der Waals surface area contributed by atoms with Crippen LogP contribution >= 0.6 is 0 Å². The average Bonchev–Trinajstić information content (AvgIpc) is 3.01. The summed E-state index contributed by atoms with van der Waals surface area (Å²) in [7, 11) is 0.235. The van der Waals surface area contributed by atoms with Crippen LogP contribution in [-0.2, 0) is 26.2 Å². The molecule has 2 amide bonds. The molecule has 3 rings (SSSR count). The molecule has 0 aromatic heterocycles. The molecule has 0 aliphatic carbocycles. The van der Waals surface area contributed by atoms with Gasteiger partial charge < -0.3 is 24.4 Å². The summed E-state index contributed by atoms with van der Waals surface area (Å²) in [5, 5.41) is 2.93. The number of aryl methyl sites for hydroxylation is 1. The Morgan fingerprint density at radius 2 is 1.56 bits per heavy atom. The molecule has 10 nitrogen and oxygen atoms in total. The SMILES string of the molecule is CCC(C)NC(=O)C(C)N(Cc1cccc(OC)c1)C(=O)CN(c1ccc(OC)c(OC)c1)S(=O)(=O)c1ccc(C)cc1. The topological polar surface area (TPSA) is 114 Å². The Kier molecular flexibility index (Phi) is 11.4. The molecule has 0 spiro atoms. The summed E-state index contributed by atoms with van der Waals surface area (Å²) in [6.07, 6.45) is 0.712. The fourth-order valence-electron chi connectivity index (χ4n) is 4.36. The average molecular weight is 612 g/mol. The van der Waals surface area contributed by atoms with E-state index in [1.165, 1.54) is 37.3 Å². The Morgan fingerprint density at radius 3 is 2.16 bits per heavy atom. The van der Waals surface area contributed by atoms with Crippen molar-refractivity contribution in [1.82, 2.24) is 10.2 Å². The maximum absolute atomic E-state index is 14.1. The summed E-state index contributed by atoms with van der Waals surface area (Å²) in [6.45, 7) is 6.79. The predicted molar refractivity (Wildman–Crippen MR) is 166 cm³/mol. The Hall–Kier alpha value is -4.25. The number of sulfonamides is 1. The number of carbonyl (C=O) groups excluding carboxylic acids is 2. The second kappa shape index (κ2) is 14.8. The number of anilines is 1. The number of carbonyl (C=O) groups is 2. The lowest BCUT2D eigenvalue weighted by molar-refractivity contribution is -0.139. The van der Waals surface area contributed by atoms with Crippen LogP contribution in [0.1, 0.15) is 38.3 Å². The third-order valence-corrected chi connectivity index (χ3v) is 8.99. The first-order chi connectivity index (χ1) is 20.4. The van der Waals surface area contributed by atoms with Gasteiger partial charge in [-0.15, -0.1) is 0 Å². The Bertz CT molecular complexity index is 1510. The number of amides is 2. The molecule has 2 atom stereocenters. The molecule has 0 fully saturated rings. The van der Waals surface area contributed by atoms with Crippen LogP contribution in [0.3, 0.4) is 0 Å². The first kappa shape index (κ1) is 33.3. The largest absolute Gasteiger partial charge is 0.497 e. The molecule has 2 unspecified atom stereocenters. The number of hydrogen-bond donors (Lipinski definition) is 1. The molecule has 0 aliphatic heterocycles. The Balaban J connectivity index is 2.09. The van der Waals surface area contributed by atoms with Gasteiger partial charge in [0, 0.05) is 18.7 Å². The van der Waals surface area contributed by atoms with Crippen molar-refractivity contribution in [2.45, 2.75) is 57.6 Å². The van der Waals surface area contributed by atoms with Gasteiger partial charge >= 0.3 is 0 Å². The molecule has 0 saturated carbocycles. The zero-order valence-electron chi connectivity index (χ0n) is 25.8. The second-order valence-corrected chi connectivity index (χ2v) is 12.1. The van der Waals surface area contributed by atoms with Crippen LogP contribution in [0.4, 0.5) is 5.69 Å². The Labute approximate surface area is 254 Å². The summed E-state index contributed by atoms with van der Waals surface area (Å²) < 4.78 is 45.3. The third kappa shape index (κ3) is 8.19. The van der Waals surface area contributed by atoms with Crippen LogP contribution in [0.15, 0.2) is 71.6 Å². The van der Waals surface area contributed by atoms with Gasteiger partial charge in [0.15, 0.2) is 11.5 Å². The minimum atomic E-state index is -4.23. The van der Waals surface area contributed by atoms with Crippen molar-refractivity contribution in [1.29, 1.82) is 0 Å². The molecule has 1 N–H and O–H groups in total. The van der Waals surface area contributed by atoms with E-state index in [4.69, 9.17) is 14.2 Å². The first-order valence-corrected chi connectivity index (χ1v) is 15.4. The normalized spacial score (nSPS) is 12.5. The van der Waals surface area contributed by atoms with Crippen LogP contribution in [0, 0.1) is 6.92 Å². The minimum Gasteiger partial charge on any atom is -0.497 e. The van der Waals surface area contributed by atoms with Crippen molar-refractivity contribution >= 4 is 27.5 Å². The standard InChI is InChI=1S/C32H41N3O7S/c1-8-23(3)33-32(37)24(4)34(20-25-10-9-11-27(18-25)40-5)31(36)21-35(26-14-17-29(41-6)30(19-26)42-7)43(38,39)28-15-12-22(2)13-16-28/h9-19,23-24H,8,20-21H2,1-7H3,(H,33,37). The molecule has 0 saturated heterocycles. The highest BCUT2D eigenvalue weighted by Crippen LogP contribution is 2.34. The van der Waals surface area contributed by atoms with E-state index in [2.05, 4.69) is 5.32 Å². The molecule has 43 heavy (non-hydrogen) atoms. The van der Waals surface area contributed by atoms with Crippen LogP contribution in [-0.4, -0.2) is 65.1 Å². The molecule has 3 aromatic carbocycles. The van der Waals surface area contributed by atoms with Gasteiger partial charge in [0.1, 0.15) is 18.3 Å². The van der Waals surface area contributed by atoms with Gasteiger partial charge in [0.2, 0.25) is 11.8 Å². The lowest BCUT2D eigenvalue weighted by Crippen LogP contribution is -2.52. The van der Waals surface area contributed by atoms with Gasteiger partial charge in [-0.05, 0) is 69.2 Å². The van der Waals surface area contributed by atoms with Crippen LogP contribution in [0.2, 0.25) is 0 Å². The number of nitrogens with one attached hydrogen (secondary N) is 1. The zero-order chi connectivity index (χ0) is 31.7. The van der Waals surface area contributed by atoms with Gasteiger partial charge in [-0.3, -0.25) is 13.9 Å². The van der Waals surface area contributed by atoms with Gasteiger partial charge in [-0.25, -0.2) is 8.42 Å². The van der Waals surface area contributed by atoms with E-state index >= 15 is 0 Å². The molecule has 3 aromatic rings.